The van der Waals surface area contributed by atoms with Gasteiger partial charge in [-0.05, 0) is 87.1 Å². The van der Waals surface area contributed by atoms with Gasteiger partial charge in [0.15, 0.2) is 0 Å². The zero-order valence-corrected chi connectivity index (χ0v) is 33.8. The molecule has 2 fully saturated rings. The molecule has 4 N–H and O–H groups in total. The molecule has 0 radical (unpaired) electrons. The van der Waals surface area contributed by atoms with E-state index in [1.54, 1.807) is 58.2 Å². The van der Waals surface area contributed by atoms with E-state index in [4.69, 9.17) is 10.2 Å². The smallest absolute Gasteiger partial charge is 0.223 e. The number of hydrogen-bond acceptors (Lipinski definition) is 8. The molecule has 0 spiro atoms. The van der Waals surface area contributed by atoms with Gasteiger partial charge in [0.2, 0.25) is 11.8 Å². The fourth-order valence-corrected chi connectivity index (χ4v) is 7.83. The van der Waals surface area contributed by atoms with Crippen LogP contribution in [0.25, 0.3) is 11.4 Å². The van der Waals surface area contributed by atoms with Gasteiger partial charge in [-0.25, -0.2) is 9.36 Å². The summed E-state index contributed by atoms with van der Waals surface area (Å²) in [6.07, 6.45) is 14.8. The summed E-state index contributed by atoms with van der Waals surface area (Å²) in [4.78, 5) is 8.87. The molecule has 294 valence electrons. The van der Waals surface area contributed by atoms with Crippen LogP contribution in [0.2, 0.25) is 0 Å². The van der Waals surface area contributed by atoms with Crippen molar-refractivity contribution in [1.29, 1.82) is 0 Å². The number of phenols is 2. The van der Waals surface area contributed by atoms with E-state index in [0.717, 1.165) is 59.6 Å². The zero-order chi connectivity index (χ0) is 39.0. The Balaban J connectivity index is 0.000000189. The Bertz CT molecular complexity index is 2170. The first-order valence-corrected chi connectivity index (χ1v) is 19.7. The van der Waals surface area contributed by atoms with Gasteiger partial charge in [0.1, 0.15) is 22.9 Å². The van der Waals surface area contributed by atoms with Gasteiger partial charge >= 0.3 is 0 Å². The maximum atomic E-state index is 11.0. The first kappa shape index (κ1) is 41.0. The van der Waals surface area contributed by atoms with E-state index < -0.39 is 0 Å². The van der Waals surface area contributed by atoms with E-state index in [0.29, 0.717) is 34.3 Å². The Hall–Kier alpha value is -5.63. The van der Waals surface area contributed by atoms with E-state index >= 15 is 0 Å². The van der Waals surface area contributed by atoms with Gasteiger partial charge in [0, 0.05) is 41.6 Å². The molecule has 0 amide bonds. The Labute approximate surface area is 345 Å². The third kappa shape index (κ3) is 9.33. The summed E-state index contributed by atoms with van der Waals surface area (Å²) >= 11 is 0. The summed E-state index contributed by atoms with van der Waals surface area (Å²) in [5.74, 6) is 1.04. The fourth-order valence-electron chi connectivity index (χ4n) is 7.83. The summed E-state index contributed by atoms with van der Waals surface area (Å²) in [5.41, 5.74) is 7.80. The number of hydrogen-bond donors (Lipinski definition) is 4. The average Bonchev–Trinajstić information content (AvgIpc) is 3.73. The molecule has 2 heterocycles. The van der Waals surface area contributed by atoms with E-state index in [2.05, 4.69) is 9.98 Å². The van der Waals surface area contributed by atoms with Gasteiger partial charge in [0.05, 0.1) is 33.9 Å². The largest absolute Gasteiger partial charge is 0.506 e. The van der Waals surface area contributed by atoms with Crippen molar-refractivity contribution in [3.63, 3.8) is 0 Å². The predicted molar refractivity (Wildman–Crippen MR) is 222 cm³/mol. The number of aromatic nitrogens is 4. The van der Waals surface area contributed by atoms with Crippen molar-refractivity contribution < 1.29 is 37.8 Å². The summed E-state index contributed by atoms with van der Waals surface area (Å²) in [6, 6.07) is 29.6. The Morgan fingerprint density at radius 1 is 0.509 bits per heavy atom. The average molecular weight is 803 g/mol. The third-order valence-electron chi connectivity index (χ3n) is 11.0. The summed E-state index contributed by atoms with van der Waals surface area (Å²) in [6.45, 7) is 4.01. The number of aliphatic imine (C=N–C) groups is 2. The first-order valence-electron chi connectivity index (χ1n) is 19.7. The molecule has 2 aromatic heterocycles. The van der Waals surface area contributed by atoms with Crippen molar-refractivity contribution >= 4 is 23.8 Å². The van der Waals surface area contributed by atoms with Gasteiger partial charge in [-0.3, -0.25) is 9.98 Å². The molecule has 0 unspecified atom stereocenters. The standard InChI is InChI=1S/2C23H25N3O2.Cr/c2*1-16-9-5-7-13-20(16)26-23(28)18(15-24-19-12-6-8-14-21(19)27)22(25-26)17-10-3-2-4-11-17;/h2*5-9,12-15,17,27-28H,2-4,10-11H2,1H3;. The summed E-state index contributed by atoms with van der Waals surface area (Å²) in [5, 5.41) is 51.6. The monoisotopic (exact) mass is 802 g/mol. The van der Waals surface area contributed by atoms with E-state index in [-0.39, 0.29) is 40.6 Å². The molecule has 0 aliphatic heterocycles. The summed E-state index contributed by atoms with van der Waals surface area (Å²) < 4.78 is 3.23. The molecule has 2 aliphatic carbocycles. The molecule has 0 bridgehead atoms. The third-order valence-corrected chi connectivity index (χ3v) is 11.0. The van der Waals surface area contributed by atoms with Crippen molar-refractivity contribution in [3.8, 4) is 34.6 Å². The maximum absolute atomic E-state index is 11.0. The normalized spacial score (nSPS) is 15.1. The fraction of sp³-hybridized carbons (Fsp3) is 0.304. The molecule has 2 aliphatic rings. The van der Waals surface area contributed by atoms with Crippen molar-refractivity contribution in [2.24, 2.45) is 9.98 Å². The maximum Gasteiger partial charge on any atom is 0.223 e. The molecule has 0 atom stereocenters. The minimum Gasteiger partial charge on any atom is -0.506 e. The van der Waals surface area contributed by atoms with Gasteiger partial charge in [0.25, 0.3) is 0 Å². The van der Waals surface area contributed by atoms with E-state index in [1.807, 2.05) is 74.5 Å². The van der Waals surface area contributed by atoms with Crippen LogP contribution in [0.3, 0.4) is 0 Å². The van der Waals surface area contributed by atoms with E-state index in [9.17, 15) is 20.4 Å². The second-order valence-corrected chi connectivity index (χ2v) is 14.8. The van der Waals surface area contributed by atoms with Crippen molar-refractivity contribution in [3.05, 3.63) is 131 Å². The Morgan fingerprint density at radius 2 is 0.860 bits per heavy atom. The second-order valence-electron chi connectivity index (χ2n) is 14.8. The van der Waals surface area contributed by atoms with Gasteiger partial charge < -0.3 is 20.4 Å². The van der Waals surface area contributed by atoms with Gasteiger partial charge in [-0.1, -0.05) is 99.2 Å². The molecule has 0 saturated heterocycles. The molecular weight excluding hydrogens is 753 g/mol. The second kappa shape index (κ2) is 19.0. The van der Waals surface area contributed by atoms with Crippen LogP contribution < -0.4 is 0 Å². The molecule has 8 rings (SSSR count). The van der Waals surface area contributed by atoms with Crippen LogP contribution in [0.15, 0.2) is 107 Å². The van der Waals surface area contributed by atoms with Crippen LogP contribution in [0, 0.1) is 13.8 Å². The number of aryl methyl sites for hydroxylation is 2. The Kier molecular flexibility index (Phi) is 13.7. The van der Waals surface area contributed by atoms with Crippen LogP contribution in [-0.2, 0) is 17.4 Å². The number of para-hydroxylation sites is 6. The van der Waals surface area contributed by atoms with Crippen LogP contribution in [0.4, 0.5) is 11.4 Å². The van der Waals surface area contributed by atoms with Crippen molar-refractivity contribution in [1.82, 2.24) is 19.6 Å². The summed E-state index contributed by atoms with van der Waals surface area (Å²) in [7, 11) is 0. The molecule has 2 saturated carbocycles. The number of rotatable bonds is 8. The molecule has 4 aromatic carbocycles. The number of aromatic hydroxyl groups is 4. The quantitative estimate of drug-likeness (QED) is 0.113. The molecule has 57 heavy (non-hydrogen) atoms. The number of benzene rings is 4. The van der Waals surface area contributed by atoms with Crippen molar-refractivity contribution in [2.75, 3.05) is 0 Å². The topological polar surface area (TPSA) is 141 Å². The molecule has 6 aromatic rings. The molecule has 10 nitrogen and oxygen atoms in total. The molecule has 11 heteroatoms. The number of phenolic OH excluding ortho intramolecular Hbond substituents is 2. The van der Waals surface area contributed by atoms with Gasteiger partial charge in [-0.15, -0.1) is 0 Å². The van der Waals surface area contributed by atoms with Crippen LogP contribution in [0.1, 0.15) is 110 Å². The molecular formula is C46H50CrN6O4. The Morgan fingerprint density at radius 3 is 1.23 bits per heavy atom. The predicted octanol–water partition coefficient (Wildman–Crippen LogP) is 10.8. The first-order chi connectivity index (χ1) is 27.3. The van der Waals surface area contributed by atoms with Gasteiger partial charge in [-0.2, -0.15) is 10.2 Å². The number of nitrogens with zero attached hydrogens (tertiary/aromatic N) is 6. The van der Waals surface area contributed by atoms with Crippen molar-refractivity contribution in [2.45, 2.75) is 89.9 Å². The van der Waals surface area contributed by atoms with E-state index in [1.165, 1.54) is 38.5 Å². The SMILES string of the molecule is Cc1ccccc1-n1nc(C2CCCCC2)c(C=Nc2ccccc2O)c1O.Cc1ccccc1-n1nc(C2CCCCC2)c(C=Nc2ccccc2O)c1O.[Cr]. The van der Waals surface area contributed by atoms with Crippen LogP contribution in [0.5, 0.6) is 23.3 Å². The van der Waals surface area contributed by atoms with Crippen LogP contribution >= 0.6 is 0 Å². The minimum absolute atomic E-state index is 0. The van der Waals surface area contributed by atoms with Crippen LogP contribution in [-0.4, -0.2) is 52.4 Å². The minimum atomic E-state index is 0. The zero-order valence-electron chi connectivity index (χ0n) is 32.5.